The van der Waals surface area contributed by atoms with Gasteiger partial charge >= 0.3 is 23.9 Å². The first-order chi connectivity index (χ1) is 20.0. The smallest absolute Gasteiger partial charge is 0.366 e. The highest BCUT2D eigenvalue weighted by molar-refractivity contribution is 5.95. The van der Waals surface area contributed by atoms with Crippen molar-refractivity contribution < 1.29 is 23.4 Å². The molecule has 16 heteroatoms. The fourth-order valence-corrected chi connectivity index (χ4v) is 4.66. The molecule has 0 aliphatic rings. The highest BCUT2D eigenvalue weighted by Crippen LogP contribution is 2.38. The van der Waals surface area contributed by atoms with Gasteiger partial charge in [0.2, 0.25) is 0 Å². The number of imidazole rings is 1. The Hall–Kier alpha value is -5.67. The molecule has 0 unspecified atom stereocenters. The lowest BCUT2D eigenvalue weighted by molar-refractivity contribution is 0.0727. The van der Waals surface area contributed by atoms with E-state index in [9.17, 15) is 28.3 Å². The van der Waals surface area contributed by atoms with Crippen molar-refractivity contribution in [2.24, 2.45) is 7.05 Å². The number of rotatable bonds is 6. The van der Waals surface area contributed by atoms with Crippen LogP contribution in [0.4, 0.5) is 8.78 Å². The van der Waals surface area contributed by atoms with Gasteiger partial charge in [-0.3, -0.25) is 4.57 Å². The minimum atomic E-state index is -2.73. The molecule has 42 heavy (non-hydrogen) atoms. The van der Waals surface area contributed by atoms with Crippen molar-refractivity contribution >= 4 is 22.5 Å². The number of aromatic amines is 1. The fourth-order valence-electron chi connectivity index (χ4n) is 4.66. The molecule has 4 aromatic heterocycles. The number of carbonyl (C=O) groups excluding carboxylic acids is 1. The van der Waals surface area contributed by atoms with Crippen LogP contribution in [0, 0.1) is 0 Å². The number of carbonyl (C=O) groups is 1. The molecule has 0 radical (unpaired) electrons. The minimum Gasteiger partial charge on any atom is -0.507 e. The minimum absolute atomic E-state index is 0.00776. The van der Waals surface area contributed by atoms with Gasteiger partial charge in [0, 0.05) is 24.7 Å². The van der Waals surface area contributed by atoms with Crippen LogP contribution >= 0.6 is 0 Å². The highest BCUT2D eigenvalue weighted by atomic mass is 19.3. The number of phenolic OH excluding ortho intramolecular Hbond substituents is 1. The number of aryl methyl sites for hydroxylation is 1. The van der Waals surface area contributed by atoms with Crippen LogP contribution in [0.5, 0.6) is 11.5 Å². The number of hydrogen-bond donors (Lipinski definition) is 2. The van der Waals surface area contributed by atoms with Crippen LogP contribution in [0.2, 0.25) is 0 Å². The summed E-state index contributed by atoms with van der Waals surface area (Å²) in [5, 5.41) is 25.4. The average molecular weight is 578 g/mol. The predicted octanol–water partition coefficient (Wildman–Crippen LogP) is 2.76. The van der Waals surface area contributed by atoms with E-state index in [0.29, 0.717) is 16.6 Å². The van der Waals surface area contributed by atoms with Crippen molar-refractivity contribution in [3.63, 3.8) is 0 Å². The maximum atomic E-state index is 13.3. The Morgan fingerprint density at radius 2 is 1.90 bits per heavy atom. The first-order valence-electron chi connectivity index (χ1n) is 12.5. The molecule has 0 aliphatic heterocycles. The summed E-state index contributed by atoms with van der Waals surface area (Å²) in [5.41, 5.74) is -0.322. The average Bonchev–Trinajstić information content (AvgIpc) is 3.67. The van der Waals surface area contributed by atoms with Gasteiger partial charge in [0.15, 0.2) is 17.2 Å². The number of halogens is 2. The Balaban J connectivity index is 1.41. The topological polar surface area (TPSA) is 167 Å². The molecule has 14 nitrogen and oxygen atoms in total. The number of phenols is 1. The number of aromatic hydroxyl groups is 1. The number of nitrogens with one attached hydrogen (secondary N) is 1. The first-order valence-corrected chi connectivity index (χ1v) is 12.5. The van der Waals surface area contributed by atoms with E-state index in [1.807, 2.05) is 13.8 Å². The number of H-pyrrole nitrogens is 1. The van der Waals surface area contributed by atoms with Gasteiger partial charge in [-0.1, -0.05) is 19.1 Å². The molecule has 0 aliphatic carbocycles. The lowest BCUT2D eigenvalue weighted by Gasteiger charge is -2.16. The highest BCUT2D eigenvalue weighted by Gasteiger charge is 2.25. The van der Waals surface area contributed by atoms with E-state index in [1.54, 1.807) is 6.07 Å². The number of ether oxygens (including phenoxy) is 1. The van der Waals surface area contributed by atoms with Gasteiger partial charge < -0.3 is 9.84 Å². The number of esters is 1. The summed E-state index contributed by atoms with van der Waals surface area (Å²) < 4.78 is 36.2. The number of alkyl halides is 2. The number of nitrogens with zero attached hydrogens (tertiary/aromatic N) is 8. The van der Waals surface area contributed by atoms with Gasteiger partial charge in [0.05, 0.1) is 16.8 Å². The molecule has 6 aromatic rings. The molecule has 0 bridgehead atoms. The van der Waals surface area contributed by atoms with E-state index in [1.165, 1.54) is 48.1 Å². The summed E-state index contributed by atoms with van der Waals surface area (Å²) >= 11 is 0. The lowest BCUT2D eigenvalue weighted by Crippen LogP contribution is -2.27. The molecule has 4 heterocycles. The second-order valence-electron chi connectivity index (χ2n) is 9.67. The molecule has 6 rings (SSSR count). The standard InChI is InChI=1S/C26H21F2N9O5/c1-12(2)15-9-16(18(38)10-19(15)42-23(39)20-22-31-33-34(3)26(41)36(22)11-29-20)21-30-32-25(40)37(21)14-4-5-17-13(8-14)6-7-35(17)24(27)28/h4-12,24,38H,1-3H3,(H,32,40). The zero-order valence-electron chi connectivity index (χ0n) is 22.2. The largest absolute Gasteiger partial charge is 0.507 e. The van der Waals surface area contributed by atoms with Crippen molar-refractivity contribution in [1.29, 1.82) is 0 Å². The molecule has 0 saturated carbocycles. The number of benzene rings is 2. The van der Waals surface area contributed by atoms with Crippen molar-refractivity contribution in [3.8, 4) is 28.6 Å². The Morgan fingerprint density at radius 1 is 1.12 bits per heavy atom. The maximum Gasteiger partial charge on any atom is 0.366 e. The van der Waals surface area contributed by atoms with Gasteiger partial charge in [0.25, 0.3) is 0 Å². The lowest BCUT2D eigenvalue weighted by atomic mass is 9.98. The number of aromatic nitrogens is 9. The zero-order chi connectivity index (χ0) is 29.9. The molecule has 2 aromatic carbocycles. The second kappa shape index (κ2) is 9.76. The molecule has 2 N–H and O–H groups in total. The third-order valence-corrected chi connectivity index (χ3v) is 6.73. The van der Waals surface area contributed by atoms with E-state index in [4.69, 9.17) is 4.74 Å². The maximum absolute atomic E-state index is 13.3. The molecule has 0 amide bonds. The normalized spacial score (nSPS) is 11.8. The third-order valence-electron chi connectivity index (χ3n) is 6.73. The molecule has 0 atom stereocenters. The van der Waals surface area contributed by atoms with E-state index in [-0.39, 0.29) is 45.7 Å². The third kappa shape index (κ3) is 4.20. The number of fused-ring (bicyclic) bond motifs is 2. The van der Waals surface area contributed by atoms with Crippen LogP contribution in [-0.4, -0.2) is 54.8 Å². The molecular formula is C26H21F2N9O5. The second-order valence-corrected chi connectivity index (χ2v) is 9.67. The van der Waals surface area contributed by atoms with E-state index < -0.39 is 23.9 Å². The monoisotopic (exact) mass is 577 g/mol. The summed E-state index contributed by atoms with van der Waals surface area (Å²) in [6.07, 6.45) is 2.38. The summed E-state index contributed by atoms with van der Waals surface area (Å²) in [4.78, 5) is 42.1. The summed E-state index contributed by atoms with van der Waals surface area (Å²) in [6.45, 7) is 0.925. The predicted molar refractivity (Wildman–Crippen MR) is 143 cm³/mol. The molecule has 0 fully saturated rings. The molecule has 0 spiro atoms. The van der Waals surface area contributed by atoms with Gasteiger partial charge in [0.1, 0.15) is 17.8 Å². The van der Waals surface area contributed by atoms with Crippen LogP contribution in [0.15, 0.2) is 58.5 Å². The summed E-state index contributed by atoms with van der Waals surface area (Å²) in [7, 11) is 1.40. The van der Waals surface area contributed by atoms with Crippen molar-refractivity contribution in [3.05, 3.63) is 81.1 Å². The first kappa shape index (κ1) is 26.5. The summed E-state index contributed by atoms with van der Waals surface area (Å²) in [6, 6.07) is 8.74. The van der Waals surface area contributed by atoms with Crippen LogP contribution < -0.4 is 16.1 Å². The Labute approximate surface area is 233 Å². The van der Waals surface area contributed by atoms with E-state index in [2.05, 4.69) is 25.5 Å². The van der Waals surface area contributed by atoms with Crippen LogP contribution in [-0.2, 0) is 7.05 Å². The van der Waals surface area contributed by atoms with Crippen molar-refractivity contribution in [2.75, 3.05) is 0 Å². The molecule has 0 saturated heterocycles. The molecular weight excluding hydrogens is 556 g/mol. The Bertz CT molecular complexity index is 2140. The summed E-state index contributed by atoms with van der Waals surface area (Å²) in [5.74, 6) is -1.49. The van der Waals surface area contributed by atoms with Crippen LogP contribution in [0.1, 0.15) is 42.4 Å². The van der Waals surface area contributed by atoms with Gasteiger partial charge in [-0.2, -0.15) is 18.6 Å². The van der Waals surface area contributed by atoms with Crippen LogP contribution in [0.25, 0.3) is 33.6 Å². The fraction of sp³-hybridized carbons (Fsp3) is 0.192. The van der Waals surface area contributed by atoms with Crippen LogP contribution in [0.3, 0.4) is 0 Å². The SMILES string of the molecule is CC(C)c1cc(-c2n[nH]c(=O)n2-c2ccc3c(ccn3C(F)F)c2)c(O)cc1OC(=O)c1ncn2c(=O)n(C)nnc12. The van der Waals surface area contributed by atoms with E-state index in [0.717, 1.165) is 20.0 Å². The van der Waals surface area contributed by atoms with Gasteiger partial charge in [-0.25, -0.2) is 33.4 Å². The zero-order valence-corrected chi connectivity index (χ0v) is 22.2. The van der Waals surface area contributed by atoms with Gasteiger partial charge in [-0.15, -0.1) is 5.10 Å². The van der Waals surface area contributed by atoms with Crippen molar-refractivity contribution in [1.82, 2.24) is 43.7 Å². The quantitative estimate of drug-likeness (QED) is 0.223. The Morgan fingerprint density at radius 3 is 2.64 bits per heavy atom. The van der Waals surface area contributed by atoms with Crippen molar-refractivity contribution in [2.45, 2.75) is 26.3 Å². The van der Waals surface area contributed by atoms with Gasteiger partial charge in [-0.05, 0) is 41.8 Å². The Kier molecular flexibility index (Phi) is 6.17. The molecule has 214 valence electrons. The van der Waals surface area contributed by atoms with E-state index >= 15 is 0 Å². The number of hydrogen-bond acceptors (Lipinski definition) is 9.